The molecular weight excluding hydrogens is 374 g/mol. The number of hydrogen-bond donors (Lipinski definition) is 1. The molecule has 0 spiro atoms. The number of thioether (sulfide) groups is 1. The molecular formula is C21H29N3O3S. The summed E-state index contributed by atoms with van der Waals surface area (Å²) in [5.74, 6) is -0.229. The average Bonchev–Trinajstić information content (AvgIpc) is 3.22. The molecule has 28 heavy (non-hydrogen) atoms. The second-order valence-corrected chi connectivity index (χ2v) is 9.66. The van der Waals surface area contributed by atoms with E-state index < -0.39 is 12.0 Å². The summed E-state index contributed by atoms with van der Waals surface area (Å²) in [7, 11) is 0. The zero-order valence-electron chi connectivity index (χ0n) is 17.2. The van der Waals surface area contributed by atoms with Crippen molar-refractivity contribution in [3.05, 3.63) is 29.3 Å². The van der Waals surface area contributed by atoms with Crippen LogP contribution in [-0.2, 0) is 14.4 Å². The van der Waals surface area contributed by atoms with Crippen molar-refractivity contribution in [2.75, 3.05) is 23.1 Å². The Kier molecular flexibility index (Phi) is 5.75. The van der Waals surface area contributed by atoms with Gasteiger partial charge in [0.05, 0.1) is 5.88 Å². The lowest BCUT2D eigenvalue weighted by Crippen LogP contribution is -2.53. The molecule has 0 bridgehead atoms. The van der Waals surface area contributed by atoms with Crippen LogP contribution in [0.5, 0.6) is 0 Å². The van der Waals surface area contributed by atoms with Gasteiger partial charge in [-0.05, 0) is 64.3 Å². The minimum Gasteiger partial charge on any atom is -0.350 e. The van der Waals surface area contributed by atoms with Crippen molar-refractivity contribution < 1.29 is 14.4 Å². The first kappa shape index (κ1) is 20.7. The second kappa shape index (κ2) is 7.78. The molecule has 2 aliphatic heterocycles. The lowest BCUT2D eigenvalue weighted by molar-refractivity contribution is -0.144. The molecule has 2 fully saturated rings. The van der Waals surface area contributed by atoms with Crippen LogP contribution >= 0.6 is 11.8 Å². The number of nitrogens with one attached hydrogen (secondary N) is 1. The first-order chi connectivity index (χ1) is 13.1. The number of hydrogen-bond acceptors (Lipinski definition) is 4. The largest absolute Gasteiger partial charge is 0.350 e. The maximum absolute atomic E-state index is 13.1. The third-order valence-electron chi connectivity index (χ3n) is 5.27. The standard InChI is InChI=1S/C21H29N3O3S/c1-13-6-7-15(10-14(13)2)23-9-8-16(19(23)26)20(27)24-12-28-11-17(24)18(25)22-21(3,4)5/h6-7,10,16-17H,8-9,11-12H2,1-5H3,(H,22,25). The molecule has 2 heterocycles. The van der Waals surface area contributed by atoms with Gasteiger partial charge < -0.3 is 15.1 Å². The summed E-state index contributed by atoms with van der Waals surface area (Å²) in [4.78, 5) is 42.0. The van der Waals surface area contributed by atoms with Gasteiger partial charge in [-0.2, -0.15) is 0 Å². The highest BCUT2D eigenvalue weighted by Crippen LogP contribution is 2.31. The van der Waals surface area contributed by atoms with E-state index in [-0.39, 0.29) is 23.3 Å². The molecule has 0 saturated carbocycles. The van der Waals surface area contributed by atoms with E-state index in [0.717, 1.165) is 11.3 Å². The van der Waals surface area contributed by atoms with Crippen molar-refractivity contribution in [1.29, 1.82) is 0 Å². The normalized spacial score (nSPS) is 22.7. The van der Waals surface area contributed by atoms with E-state index in [2.05, 4.69) is 5.32 Å². The molecule has 2 aliphatic rings. The van der Waals surface area contributed by atoms with E-state index in [4.69, 9.17) is 0 Å². The van der Waals surface area contributed by atoms with Crippen LogP contribution < -0.4 is 10.2 Å². The number of benzene rings is 1. The predicted molar refractivity (Wildman–Crippen MR) is 112 cm³/mol. The summed E-state index contributed by atoms with van der Waals surface area (Å²) in [6.45, 7) is 10.3. The number of carbonyl (C=O) groups excluding carboxylic acids is 3. The summed E-state index contributed by atoms with van der Waals surface area (Å²) in [6, 6.07) is 5.40. The molecule has 2 atom stereocenters. The molecule has 2 unspecified atom stereocenters. The lowest BCUT2D eigenvalue weighted by Gasteiger charge is -2.29. The Bertz CT molecular complexity index is 803. The van der Waals surface area contributed by atoms with Crippen molar-refractivity contribution in [2.45, 2.75) is 52.6 Å². The second-order valence-electron chi connectivity index (χ2n) is 8.66. The van der Waals surface area contributed by atoms with Gasteiger partial charge in [0.2, 0.25) is 17.7 Å². The van der Waals surface area contributed by atoms with Gasteiger partial charge in [-0.1, -0.05) is 6.07 Å². The Balaban J connectivity index is 1.73. The van der Waals surface area contributed by atoms with Crippen LogP contribution in [-0.4, -0.2) is 52.4 Å². The zero-order valence-corrected chi connectivity index (χ0v) is 18.1. The van der Waals surface area contributed by atoms with Crippen LogP contribution in [0.25, 0.3) is 0 Å². The third kappa shape index (κ3) is 4.19. The van der Waals surface area contributed by atoms with Crippen LogP contribution in [0.4, 0.5) is 5.69 Å². The molecule has 7 heteroatoms. The molecule has 152 valence electrons. The monoisotopic (exact) mass is 403 g/mol. The smallest absolute Gasteiger partial charge is 0.244 e. The molecule has 0 radical (unpaired) electrons. The lowest BCUT2D eigenvalue weighted by atomic mass is 10.0. The molecule has 1 N–H and O–H groups in total. The number of aryl methyl sites for hydroxylation is 2. The van der Waals surface area contributed by atoms with E-state index in [1.807, 2.05) is 52.8 Å². The zero-order chi connectivity index (χ0) is 20.6. The van der Waals surface area contributed by atoms with Crippen LogP contribution in [0, 0.1) is 19.8 Å². The highest BCUT2D eigenvalue weighted by molar-refractivity contribution is 7.99. The number of anilines is 1. The minimum atomic E-state index is -0.703. The van der Waals surface area contributed by atoms with E-state index in [1.165, 1.54) is 5.56 Å². The van der Waals surface area contributed by atoms with E-state index in [0.29, 0.717) is 24.6 Å². The molecule has 0 aromatic heterocycles. The van der Waals surface area contributed by atoms with Gasteiger partial charge >= 0.3 is 0 Å². The van der Waals surface area contributed by atoms with Gasteiger partial charge in [0, 0.05) is 23.5 Å². The number of nitrogens with zero attached hydrogens (tertiary/aromatic N) is 2. The number of rotatable bonds is 3. The van der Waals surface area contributed by atoms with Gasteiger partial charge in [-0.25, -0.2) is 0 Å². The van der Waals surface area contributed by atoms with Crippen LogP contribution in [0.1, 0.15) is 38.3 Å². The molecule has 2 saturated heterocycles. The van der Waals surface area contributed by atoms with Crippen LogP contribution in [0.2, 0.25) is 0 Å². The molecule has 1 aromatic rings. The molecule has 1 aromatic carbocycles. The average molecular weight is 404 g/mol. The van der Waals surface area contributed by atoms with Gasteiger partial charge in [0.15, 0.2) is 0 Å². The Morgan fingerprint density at radius 1 is 1.18 bits per heavy atom. The quantitative estimate of drug-likeness (QED) is 0.787. The topological polar surface area (TPSA) is 69.7 Å². The Labute approximate surface area is 171 Å². The minimum absolute atomic E-state index is 0.151. The summed E-state index contributed by atoms with van der Waals surface area (Å²) in [5.41, 5.74) is 2.77. The van der Waals surface area contributed by atoms with E-state index in [9.17, 15) is 14.4 Å². The van der Waals surface area contributed by atoms with Crippen molar-refractivity contribution in [3.63, 3.8) is 0 Å². The summed E-state index contributed by atoms with van der Waals surface area (Å²) in [5, 5.41) is 2.95. The van der Waals surface area contributed by atoms with Crippen LogP contribution in [0.3, 0.4) is 0 Å². The summed E-state index contributed by atoms with van der Waals surface area (Å²) >= 11 is 1.55. The fourth-order valence-corrected chi connectivity index (χ4v) is 4.75. The van der Waals surface area contributed by atoms with Crippen molar-refractivity contribution in [3.8, 4) is 0 Å². The fourth-order valence-electron chi connectivity index (χ4n) is 3.59. The number of carbonyl (C=O) groups is 3. The highest BCUT2D eigenvalue weighted by Gasteiger charge is 2.44. The predicted octanol–water partition coefficient (Wildman–Crippen LogP) is 2.47. The van der Waals surface area contributed by atoms with Crippen LogP contribution in [0.15, 0.2) is 18.2 Å². The van der Waals surface area contributed by atoms with Crippen molar-refractivity contribution in [1.82, 2.24) is 10.2 Å². The number of amides is 3. The molecule has 0 aliphatic carbocycles. The fraction of sp³-hybridized carbons (Fsp3) is 0.571. The first-order valence-electron chi connectivity index (χ1n) is 9.67. The summed E-state index contributed by atoms with van der Waals surface area (Å²) in [6.07, 6.45) is 0.485. The SMILES string of the molecule is Cc1ccc(N2CCC(C(=O)N3CSCC3C(=O)NC(C)(C)C)C2=O)cc1C. The maximum Gasteiger partial charge on any atom is 0.244 e. The maximum atomic E-state index is 13.1. The van der Waals surface area contributed by atoms with Gasteiger partial charge in [-0.15, -0.1) is 11.8 Å². The molecule has 3 rings (SSSR count). The Hall–Kier alpha value is -2.02. The molecule has 6 nitrogen and oxygen atoms in total. The third-order valence-corrected chi connectivity index (χ3v) is 6.28. The van der Waals surface area contributed by atoms with Crippen molar-refractivity contribution in [2.24, 2.45) is 5.92 Å². The van der Waals surface area contributed by atoms with E-state index in [1.54, 1.807) is 21.6 Å². The highest BCUT2D eigenvalue weighted by atomic mass is 32.2. The van der Waals surface area contributed by atoms with Crippen molar-refractivity contribution >= 4 is 35.2 Å². The first-order valence-corrected chi connectivity index (χ1v) is 10.8. The summed E-state index contributed by atoms with van der Waals surface area (Å²) < 4.78 is 0. The van der Waals surface area contributed by atoms with Gasteiger partial charge in [0.25, 0.3) is 0 Å². The van der Waals surface area contributed by atoms with Gasteiger partial charge in [-0.3, -0.25) is 14.4 Å². The van der Waals surface area contributed by atoms with E-state index >= 15 is 0 Å². The Morgan fingerprint density at radius 3 is 2.54 bits per heavy atom. The Morgan fingerprint density at radius 2 is 1.89 bits per heavy atom. The van der Waals surface area contributed by atoms with Gasteiger partial charge in [0.1, 0.15) is 12.0 Å². The molecule has 3 amide bonds.